The van der Waals surface area contributed by atoms with Crippen molar-refractivity contribution in [3.05, 3.63) is 82.9 Å². The number of thioether (sulfide) groups is 1. The lowest BCUT2D eigenvalue weighted by atomic mass is 10.1. The van der Waals surface area contributed by atoms with E-state index < -0.39 is 0 Å². The molecule has 0 fully saturated rings. The Morgan fingerprint density at radius 2 is 1.58 bits per heavy atom. The van der Waals surface area contributed by atoms with Crippen molar-refractivity contribution in [1.29, 1.82) is 0 Å². The van der Waals surface area contributed by atoms with Crippen molar-refractivity contribution in [3.8, 4) is 28.6 Å². The summed E-state index contributed by atoms with van der Waals surface area (Å²) in [6, 6.07) is 21.8. The van der Waals surface area contributed by atoms with Crippen LogP contribution in [0.5, 0.6) is 11.5 Å². The second kappa shape index (κ2) is 9.45. The number of hydrogen-bond donors (Lipinski definition) is 0. The normalized spacial score (nSPS) is 10.8. The molecule has 0 radical (unpaired) electrons. The van der Waals surface area contributed by atoms with E-state index in [0.717, 1.165) is 38.6 Å². The SMILES string of the molecule is COc1cc(OC)cc(-c2nnc(SCc3ccc(Cl)cc3)n2-c2ccccc2C)c1. The molecule has 4 aromatic rings. The van der Waals surface area contributed by atoms with Gasteiger partial charge < -0.3 is 9.47 Å². The fraction of sp³-hybridized carbons (Fsp3) is 0.167. The van der Waals surface area contributed by atoms with Crippen LogP contribution >= 0.6 is 23.4 Å². The highest BCUT2D eigenvalue weighted by atomic mass is 35.5. The summed E-state index contributed by atoms with van der Waals surface area (Å²) in [5.41, 5.74) is 4.19. The van der Waals surface area contributed by atoms with Gasteiger partial charge in [0.1, 0.15) is 11.5 Å². The molecule has 0 aliphatic heterocycles. The fourth-order valence-electron chi connectivity index (χ4n) is 3.25. The molecule has 0 saturated heterocycles. The number of aryl methyl sites for hydroxylation is 1. The van der Waals surface area contributed by atoms with Gasteiger partial charge in [0.25, 0.3) is 0 Å². The minimum absolute atomic E-state index is 0.698. The molecule has 158 valence electrons. The van der Waals surface area contributed by atoms with Crippen LogP contribution in [0.3, 0.4) is 0 Å². The number of para-hydroxylation sites is 1. The van der Waals surface area contributed by atoms with Crippen molar-refractivity contribution in [2.45, 2.75) is 17.8 Å². The van der Waals surface area contributed by atoms with Crippen LogP contribution in [0.25, 0.3) is 17.1 Å². The molecule has 0 atom stereocenters. The maximum Gasteiger partial charge on any atom is 0.196 e. The summed E-state index contributed by atoms with van der Waals surface area (Å²) in [4.78, 5) is 0. The number of methoxy groups -OCH3 is 2. The minimum atomic E-state index is 0.698. The van der Waals surface area contributed by atoms with E-state index in [4.69, 9.17) is 21.1 Å². The van der Waals surface area contributed by atoms with E-state index in [-0.39, 0.29) is 0 Å². The predicted octanol–water partition coefficient (Wildman–Crippen LogP) is 6.21. The van der Waals surface area contributed by atoms with Gasteiger partial charge in [-0.3, -0.25) is 4.57 Å². The lowest BCUT2D eigenvalue weighted by molar-refractivity contribution is 0.394. The van der Waals surface area contributed by atoms with Crippen LogP contribution in [0.2, 0.25) is 5.02 Å². The molecule has 0 saturated carbocycles. The molecule has 0 aliphatic carbocycles. The molecule has 0 bridgehead atoms. The van der Waals surface area contributed by atoms with Crippen molar-refractivity contribution in [2.75, 3.05) is 14.2 Å². The number of hydrogen-bond acceptors (Lipinski definition) is 5. The number of ether oxygens (including phenoxy) is 2. The Hall–Kier alpha value is -2.96. The summed E-state index contributed by atoms with van der Waals surface area (Å²) in [7, 11) is 3.27. The maximum absolute atomic E-state index is 6.02. The average Bonchev–Trinajstić information content (AvgIpc) is 3.22. The zero-order valence-electron chi connectivity index (χ0n) is 17.5. The molecule has 31 heavy (non-hydrogen) atoms. The Bertz CT molecular complexity index is 1170. The first-order chi connectivity index (χ1) is 15.1. The number of aromatic nitrogens is 3. The van der Waals surface area contributed by atoms with Gasteiger partial charge in [-0.1, -0.05) is 53.7 Å². The fourth-order valence-corrected chi connectivity index (χ4v) is 4.27. The van der Waals surface area contributed by atoms with Crippen LogP contribution in [0, 0.1) is 6.92 Å². The molecule has 1 heterocycles. The van der Waals surface area contributed by atoms with Gasteiger partial charge in [0, 0.05) is 22.4 Å². The number of benzene rings is 3. The smallest absolute Gasteiger partial charge is 0.196 e. The van der Waals surface area contributed by atoms with Crippen LogP contribution < -0.4 is 9.47 Å². The van der Waals surface area contributed by atoms with Gasteiger partial charge in [-0.25, -0.2) is 0 Å². The van der Waals surface area contributed by atoms with E-state index in [1.54, 1.807) is 26.0 Å². The van der Waals surface area contributed by atoms with Crippen LogP contribution in [-0.2, 0) is 5.75 Å². The summed E-state index contributed by atoms with van der Waals surface area (Å²) in [5.74, 6) is 2.88. The van der Waals surface area contributed by atoms with Gasteiger partial charge in [-0.2, -0.15) is 0 Å². The highest BCUT2D eigenvalue weighted by molar-refractivity contribution is 7.98. The molecule has 7 heteroatoms. The first-order valence-electron chi connectivity index (χ1n) is 9.71. The third kappa shape index (κ3) is 4.70. The second-order valence-electron chi connectivity index (χ2n) is 6.94. The highest BCUT2D eigenvalue weighted by Gasteiger charge is 2.19. The summed E-state index contributed by atoms with van der Waals surface area (Å²) in [5, 5.41) is 10.6. The van der Waals surface area contributed by atoms with E-state index in [2.05, 4.69) is 33.8 Å². The first-order valence-corrected chi connectivity index (χ1v) is 11.1. The lowest BCUT2D eigenvalue weighted by Gasteiger charge is -2.14. The minimum Gasteiger partial charge on any atom is -0.497 e. The monoisotopic (exact) mass is 451 g/mol. The van der Waals surface area contributed by atoms with Gasteiger partial charge >= 0.3 is 0 Å². The zero-order valence-corrected chi connectivity index (χ0v) is 19.1. The van der Waals surface area contributed by atoms with Gasteiger partial charge in [0.2, 0.25) is 0 Å². The topological polar surface area (TPSA) is 49.2 Å². The Morgan fingerprint density at radius 1 is 0.903 bits per heavy atom. The lowest BCUT2D eigenvalue weighted by Crippen LogP contribution is -2.02. The van der Waals surface area contributed by atoms with Crippen LogP contribution in [0.15, 0.2) is 71.9 Å². The first kappa shape index (κ1) is 21.3. The largest absolute Gasteiger partial charge is 0.497 e. The van der Waals surface area contributed by atoms with Crippen molar-refractivity contribution in [2.24, 2.45) is 0 Å². The van der Waals surface area contributed by atoms with E-state index in [1.807, 2.05) is 54.6 Å². The Kier molecular flexibility index (Phi) is 6.49. The van der Waals surface area contributed by atoms with E-state index in [0.29, 0.717) is 11.5 Å². The molecule has 3 aromatic carbocycles. The van der Waals surface area contributed by atoms with Gasteiger partial charge in [0.15, 0.2) is 11.0 Å². The molecular weight excluding hydrogens is 430 g/mol. The van der Waals surface area contributed by atoms with Crippen molar-refractivity contribution in [3.63, 3.8) is 0 Å². The molecule has 0 spiro atoms. The van der Waals surface area contributed by atoms with E-state index in [1.165, 1.54) is 5.56 Å². The third-order valence-corrected chi connectivity index (χ3v) is 6.13. The van der Waals surface area contributed by atoms with E-state index >= 15 is 0 Å². The van der Waals surface area contributed by atoms with Crippen LogP contribution in [0.4, 0.5) is 0 Å². The molecule has 0 amide bonds. The molecular formula is C24H22ClN3O2S. The summed E-state index contributed by atoms with van der Waals surface area (Å²) < 4.78 is 13.0. The van der Waals surface area contributed by atoms with Gasteiger partial charge in [0.05, 0.1) is 19.9 Å². The Labute approximate surface area is 191 Å². The van der Waals surface area contributed by atoms with Crippen LogP contribution in [-0.4, -0.2) is 29.0 Å². The standard InChI is InChI=1S/C24H22ClN3O2S/c1-16-6-4-5-7-22(16)28-23(18-12-20(29-2)14-21(13-18)30-3)26-27-24(28)31-15-17-8-10-19(25)11-9-17/h4-14H,15H2,1-3H3. The highest BCUT2D eigenvalue weighted by Crippen LogP contribution is 2.34. The average molecular weight is 452 g/mol. The van der Waals surface area contributed by atoms with E-state index in [9.17, 15) is 0 Å². The molecule has 1 aromatic heterocycles. The number of nitrogens with zero attached hydrogens (tertiary/aromatic N) is 3. The van der Waals surface area contributed by atoms with Crippen molar-refractivity contribution >= 4 is 23.4 Å². The quantitative estimate of drug-likeness (QED) is 0.313. The van der Waals surface area contributed by atoms with Gasteiger partial charge in [-0.05, 0) is 48.4 Å². The van der Waals surface area contributed by atoms with Crippen LogP contribution in [0.1, 0.15) is 11.1 Å². The zero-order chi connectivity index (χ0) is 21.8. The van der Waals surface area contributed by atoms with Crippen molar-refractivity contribution < 1.29 is 9.47 Å². The third-order valence-electron chi connectivity index (χ3n) is 4.88. The predicted molar refractivity (Wildman–Crippen MR) is 126 cm³/mol. The number of halogens is 1. The Balaban J connectivity index is 1.79. The second-order valence-corrected chi connectivity index (χ2v) is 8.32. The van der Waals surface area contributed by atoms with Gasteiger partial charge in [-0.15, -0.1) is 10.2 Å². The molecule has 0 unspecified atom stereocenters. The molecule has 5 nitrogen and oxygen atoms in total. The molecule has 0 N–H and O–H groups in total. The summed E-state index contributed by atoms with van der Waals surface area (Å²) in [6.45, 7) is 2.08. The molecule has 4 rings (SSSR count). The Morgan fingerprint density at radius 3 is 2.23 bits per heavy atom. The molecule has 0 aliphatic rings. The maximum atomic E-state index is 6.02. The number of rotatable bonds is 7. The van der Waals surface area contributed by atoms with Crippen molar-refractivity contribution in [1.82, 2.24) is 14.8 Å². The summed E-state index contributed by atoms with van der Waals surface area (Å²) in [6.07, 6.45) is 0. The summed E-state index contributed by atoms with van der Waals surface area (Å²) >= 11 is 7.65.